The summed E-state index contributed by atoms with van der Waals surface area (Å²) in [5.74, 6) is 0. The maximum Gasteiger partial charge on any atom is 0.332 e. The average molecular weight is 364 g/mol. The first-order valence-electron chi connectivity index (χ1n) is 9.11. The number of aryl methyl sites for hydroxylation is 2. The third-order valence-electron chi connectivity index (χ3n) is 5.55. The molecule has 1 fully saturated rings. The molecule has 0 unspecified atom stereocenters. The Morgan fingerprint density at radius 1 is 1.00 bits per heavy atom. The number of ether oxygens (including phenoxy) is 1. The molecule has 3 aliphatic rings. The van der Waals surface area contributed by atoms with Gasteiger partial charge >= 0.3 is 6.03 Å². The number of fused-ring (bicyclic) bond motifs is 2. The SMILES string of the molecule is O=C(Nc1c2c(cc3c1CCC3)CCC2)NS(=O)(=O)C1CCOCC1. The van der Waals surface area contributed by atoms with Crippen LogP contribution in [0.4, 0.5) is 10.5 Å². The largest absolute Gasteiger partial charge is 0.381 e. The van der Waals surface area contributed by atoms with Gasteiger partial charge in [0.2, 0.25) is 10.0 Å². The van der Waals surface area contributed by atoms with Gasteiger partial charge in [-0.25, -0.2) is 17.9 Å². The van der Waals surface area contributed by atoms with E-state index in [2.05, 4.69) is 16.1 Å². The van der Waals surface area contributed by atoms with Gasteiger partial charge in [0.05, 0.1) is 5.25 Å². The highest BCUT2D eigenvalue weighted by Crippen LogP contribution is 2.38. The third-order valence-corrected chi connectivity index (χ3v) is 7.37. The fourth-order valence-electron chi connectivity index (χ4n) is 4.30. The van der Waals surface area contributed by atoms with Gasteiger partial charge in [-0.1, -0.05) is 6.07 Å². The number of anilines is 1. The summed E-state index contributed by atoms with van der Waals surface area (Å²) in [6, 6.07) is 1.65. The fraction of sp³-hybridized carbons (Fsp3) is 0.611. The van der Waals surface area contributed by atoms with Crippen molar-refractivity contribution in [2.45, 2.75) is 56.6 Å². The first-order valence-corrected chi connectivity index (χ1v) is 10.7. The standard InChI is InChI=1S/C18H24N2O4S/c21-18(20-25(22,23)14-7-9-24-10-8-14)19-17-15-5-1-3-12(15)11-13-4-2-6-16(13)17/h11,14H,1-10H2,(H2,19,20,21). The second kappa shape index (κ2) is 6.61. The number of hydrogen-bond donors (Lipinski definition) is 2. The molecule has 7 heteroatoms. The third kappa shape index (κ3) is 3.27. The van der Waals surface area contributed by atoms with E-state index in [1.807, 2.05) is 0 Å². The molecular weight excluding hydrogens is 340 g/mol. The van der Waals surface area contributed by atoms with Crippen molar-refractivity contribution in [2.24, 2.45) is 0 Å². The molecule has 0 saturated carbocycles. The van der Waals surface area contributed by atoms with E-state index in [-0.39, 0.29) is 0 Å². The Balaban J connectivity index is 1.54. The molecule has 2 amide bonds. The van der Waals surface area contributed by atoms with E-state index in [0.717, 1.165) is 44.2 Å². The molecule has 1 saturated heterocycles. The van der Waals surface area contributed by atoms with Gasteiger partial charge in [0.1, 0.15) is 0 Å². The van der Waals surface area contributed by atoms with Crippen LogP contribution in [0.1, 0.15) is 47.9 Å². The van der Waals surface area contributed by atoms with Crippen LogP contribution in [0.15, 0.2) is 6.07 Å². The van der Waals surface area contributed by atoms with Crippen LogP contribution in [0.2, 0.25) is 0 Å². The average Bonchev–Trinajstić information content (AvgIpc) is 3.24. The molecule has 1 aliphatic heterocycles. The summed E-state index contributed by atoms with van der Waals surface area (Å²) in [5.41, 5.74) is 5.87. The summed E-state index contributed by atoms with van der Waals surface area (Å²) >= 11 is 0. The molecule has 2 N–H and O–H groups in total. The van der Waals surface area contributed by atoms with Crippen molar-refractivity contribution in [3.05, 3.63) is 28.3 Å². The van der Waals surface area contributed by atoms with Gasteiger partial charge in [-0.3, -0.25) is 0 Å². The van der Waals surface area contributed by atoms with E-state index in [9.17, 15) is 13.2 Å². The zero-order chi connectivity index (χ0) is 17.4. The Labute approximate surface area is 148 Å². The molecule has 4 rings (SSSR count). The Morgan fingerprint density at radius 2 is 1.60 bits per heavy atom. The normalized spacial score (nSPS) is 20.2. The van der Waals surface area contributed by atoms with Crippen LogP contribution in [-0.4, -0.2) is 32.9 Å². The van der Waals surface area contributed by atoms with Crippen LogP contribution >= 0.6 is 0 Å². The molecule has 0 aromatic heterocycles. The molecule has 0 radical (unpaired) electrons. The first kappa shape index (κ1) is 16.8. The lowest BCUT2D eigenvalue weighted by Crippen LogP contribution is -2.43. The highest BCUT2D eigenvalue weighted by molar-refractivity contribution is 7.90. The molecule has 0 spiro atoms. The van der Waals surface area contributed by atoms with Gasteiger partial charge in [0.15, 0.2) is 0 Å². The summed E-state index contributed by atoms with van der Waals surface area (Å²) in [5, 5.41) is 2.32. The molecule has 1 aromatic rings. The van der Waals surface area contributed by atoms with Crippen LogP contribution < -0.4 is 10.0 Å². The number of amides is 2. The lowest BCUT2D eigenvalue weighted by atomic mass is 9.99. The summed E-state index contributed by atoms with van der Waals surface area (Å²) < 4.78 is 32.3. The molecule has 6 nitrogen and oxygen atoms in total. The van der Waals surface area contributed by atoms with E-state index in [1.54, 1.807) is 0 Å². The number of carbonyl (C=O) groups is 1. The topological polar surface area (TPSA) is 84.5 Å². The maximum atomic E-state index is 12.4. The van der Waals surface area contributed by atoms with Crippen molar-refractivity contribution in [1.29, 1.82) is 0 Å². The van der Waals surface area contributed by atoms with Crippen LogP contribution in [0.25, 0.3) is 0 Å². The van der Waals surface area contributed by atoms with Crippen molar-refractivity contribution in [3.8, 4) is 0 Å². The van der Waals surface area contributed by atoms with E-state index in [4.69, 9.17) is 4.74 Å². The Kier molecular flexibility index (Phi) is 4.45. The molecule has 1 aromatic carbocycles. The zero-order valence-electron chi connectivity index (χ0n) is 14.3. The van der Waals surface area contributed by atoms with Gasteiger partial charge in [-0.05, 0) is 73.6 Å². The van der Waals surface area contributed by atoms with Gasteiger partial charge in [-0.2, -0.15) is 0 Å². The van der Waals surface area contributed by atoms with Crippen molar-refractivity contribution in [3.63, 3.8) is 0 Å². The second-order valence-corrected chi connectivity index (χ2v) is 9.11. The molecule has 0 atom stereocenters. The number of nitrogens with one attached hydrogen (secondary N) is 2. The van der Waals surface area contributed by atoms with Gasteiger partial charge < -0.3 is 10.1 Å². The summed E-state index contributed by atoms with van der Waals surface area (Å²) in [6.07, 6.45) is 7.02. The van der Waals surface area contributed by atoms with E-state index in [0.29, 0.717) is 26.1 Å². The molecule has 1 heterocycles. The molecular formula is C18H24N2O4S. The van der Waals surface area contributed by atoms with Gasteiger partial charge in [-0.15, -0.1) is 0 Å². The van der Waals surface area contributed by atoms with Crippen molar-refractivity contribution < 1.29 is 17.9 Å². The minimum atomic E-state index is -3.67. The van der Waals surface area contributed by atoms with Gasteiger partial charge in [0.25, 0.3) is 0 Å². The predicted molar refractivity (Wildman–Crippen MR) is 95.4 cm³/mol. The van der Waals surface area contributed by atoms with Crippen LogP contribution in [0.3, 0.4) is 0 Å². The number of hydrogen-bond acceptors (Lipinski definition) is 4. The minimum Gasteiger partial charge on any atom is -0.381 e. The van der Waals surface area contributed by atoms with Crippen LogP contribution in [0.5, 0.6) is 0 Å². The Hall–Kier alpha value is -1.60. The van der Waals surface area contributed by atoms with E-state index >= 15 is 0 Å². The number of urea groups is 1. The minimum absolute atomic E-state index is 0.424. The molecule has 0 bridgehead atoms. The van der Waals surface area contributed by atoms with Crippen LogP contribution in [-0.2, 0) is 40.4 Å². The highest BCUT2D eigenvalue weighted by atomic mass is 32.2. The smallest absolute Gasteiger partial charge is 0.332 e. The summed E-state index contributed by atoms with van der Waals surface area (Å²) in [4.78, 5) is 12.4. The predicted octanol–water partition coefficient (Wildman–Crippen LogP) is 2.29. The lowest BCUT2D eigenvalue weighted by molar-refractivity contribution is 0.0982. The molecule has 2 aliphatic carbocycles. The summed E-state index contributed by atoms with van der Waals surface area (Å²) in [6.45, 7) is 0.847. The van der Waals surface area contributed by atoms with Gasteiger partial charge in [0, 0.05) is 18.9 Å². The van der Waals surface area contributed by atoms with Crippen molar-refractivity contribution >= 4 is 21.7 Å². The fourth-order valence-corrected chi connectivity index (χ4v) is 5.59. The lowest BCUT2D eigenvalue weighted by Gasteiger charge is -2.23. The van der Waals surface area contributed by atoms with Crippen molar-refractivity contribution in [1.82, 2.24) is 4.72 Å². The van der Waals surface area contributed by atoms with E-state index < -0.39 is 21.3 Å². The second-order valence-electron chi connectivity index (χ2n) is 7.15. The monoisotopic (exact) mass is 364 g/mol. The highest BCUT2D eigenvalue weighted by Gasteiger charge is 2.30. The summed E-state index contributed by atoms with van der Waals surface area (Å²) in [7, 11) is -3.67. The van der Waals surface area contributed by atoms with Crippen LogP contribution in [0, 0.1) is 0 Å². The Morgan fingerprint density at radius 3 is 2.20 bits per heavy atom. The number of sulfonamides is 1. The number of carbonyl (C=O) groups excluding carboxylic acids is 1. The number of rotatable bonds is 3. The Bertz CT molecular complexity index is 766. The van der Waals surface area contributed by atoms with E-state index in [1.165, 1.54) is 22.3 Å². The zero-order valence-corrected chi connectivity index (χ0v) is 15.1. The number of benzene rings is 1. The quantitative estimate of drug-likeness (QED) is 0.862. The molecule has 136 valence electrons. The molecule has 25 heavy (non-hydrogen) atoms. The van der Waals surface area contributed by atoms with Crippen molar-refractivity contribution in [2.75, 3.05) is 18.5 Å². The first-order chi connectivity index (χ1) is 12.0. The maximum absolute atomic E-state index is 12.4.